The highest BCUT2D eigenvalue weighted by Gasteiger charge is 2.03. The SMILES string of the molecule is C[C](C)c1ccc(C(=O)O)cc1. The number of benzene rings is 1. The van der Waals surface area contributed by atoms with Crippen molar-refractivity contribution in [2.24, 2.45) is 0 Å². The standard InChI is InChI=1S/C10H11O2/c1-7(2)8-3-5-9(6-4-8)10(11)12/h3-6H,1-2H3,(H,11,12). The van der Waals surface area contributed by atoms with Gasteiger partial charge in [0, 0.05) is 0 Å². The van der Waals surface area contributed by atoms with E-state index in [1.807, 2.05) is 26.0 Å². The summed E-state index contributed by atoms with van der Waals surface area (Å²) < 4.78 is 0. The lowest BCUT2D eigenvalue weighted by Gasteiger charge is -2.03. The molecule has 0 saturated carbocycles. The maximum Gasteiger partial charge on any atom is 0.335 e. The minimum Gasteiger partial charge on any atom is -0.478 e. The third-order valence-corrected chi connectivity index (χ3v) is 1.71. The van der Waals surface area contributed by atoms with Crippen LogP contribution in [-0.4, -0.2) is 11.1 Å². The summed E-state index contributed by atoms with van der Waals surface area (Å²) in [4.78, 5) is 10.5. The van der Waals surface area contributed by atoms with Gasteiger partial charge in [0.25, 0.3) is 0 Å². The molecule has 1 aromatic rings. The smallest absolute Gasteiger partial charge is 0.335 e. The van der Waals surface area contributed by atoms with Gasteiger partial charge in [-0.05, 0) is 23.6 Å². The summed E-state index contributed by atoms with van der Waals surface area (Å²) in [6.45, 7) is 3.99. The van der Waals surface area contributed by atoms with E-state index in [0.29, 0.717) is 5.56 Å². The minimum atomic E-state index is -0.879. The lowest BCUT2D eigenvalue weighted by Crippen LogP contribution is -1.96. The van der Waals surface area contributed by atoms with Crippen LogP contribution in [0.2, 0.25) is 0 Å². The molecule has 2 heteroatoms. The molecule has 0 aliphatic carbocycles. The molecule has 0 aliphatic rings. The van der Waals surface area contributed by atoms with Crippen LogP contribution in [0.1, 0.15) is 29.8 Å². The number of carboxylic acid groups (broad SMARTS) is 1. The molecule has 0 amide bonds. The monoisotopic (exact) mass is 163 g/mol. The number of hydrogen-bond acceptors (Lipinski definition) is 1. The molecule has 2 nitrogen and oxygen atoms in total. The van der Waals surface area contributed by atoms with E-state index < -0.39 is 5.97 Å². The third-order valence-electron chi connectivity index (χ3n) is 1.71. The number of carbonyl (C=O) groups is 1. The molecule has 0 spiro atoms. The van der Waals surface area contributed by atoms with Gasteiger partial charge in [0.2, 0.25) is 0 Å². The largest absolute Gasteiger partial charge is 0.478 e. The van der Waals surface area contributed by atoms with E-state index >= 15 is 0 Å². The fourth-order valence-electron chi connectivity index (χ4n) is 0.946. The summed E-state index contributed by atoms with van der Waals surface area (Å²) in [7, 11) is 0. The van der Waals surface area contributed by atoms with Crippen molar-refractivity contribution >= 4 is 5.97 Å². The Balaban J connectivity index is 2.93. The molecule has 0 bridgehead atoms. The Labute approximate surface area is 71.8 Å². The summed E-state index contributed by atoms with van der Waals surface area (Å²) in [5.74, 6) is 0.308. The molecule has 0 saturated heterocycles. The quantitative estimate of drug-likeness (QED) is 0.726. The topological polar surface area (TPSA) is 37.3 Å². The van der Waals surface area contributed by atoms with Crippen molar-refractivity contribution in [2.45, 2.75) is 13.8 Å². The lowest BCUT2D eigenvalue weighted by molar-refractivity contribution is 0.0697. The van der Waals surface area contributed by atoms with Gasteiger partial charge < -0.3 is 5.11 Å². The minimum absolute atomic E-state index is 0.333. The average Bonchev–Trinajstić information content (AvgIpc) is 2.04. The number of hydrogen-bond donors (Lipinski definition) is 1. The van der Waals surface area contributed by atoms with E-state index in [1.54, 1.807) is 12.1 Å². The van der Waals surface area contributed by atoms with E-state index in [0.717, 1.165) is 5.56 Å². The highest BCUT2D eigenvalue weighted by molar-refractivity contribution is 5.87. The van der Waals surface area contributed by atoms with Crippen molar-refractivity contribution < 1.29 is 9.90 Å². The summed E-state index contributed by atoms with van der Waals surface area (Å²) >= 11 is 0. The van der Waals surface area contributed by atoms with Crippen LogP contribution in [0.15, 0.2) is 24.3 Å². The van der Waals surface area contributed by atoms with Gasteiger partial charge in [0.05, 0.1) is 5.56 Å². The molecule has 0 fully saturated rings. The molecule has 1 radical (unpaired) electrons. The molecule has 0 atom stereocenters. The first-order valence-corrected chi connectivity index (χ1v) is 3.75. The van der Waals surface area contributed by atoms with Crippen molar-refractivity contribution in [1.82, 2.24) is 0 Å². The zero-order valence-electron chi connectivity index (χ0n) is 7.16. The van der Waals surface area contributed by atoms with Crippen LogP contribution in [0, 0.1) is 5.92 Å². The zero-order chi connectivity index (χ0) is 9.14. The number of carboxylic acids is 1. The second-order valence-corrected chi connectivity index (χ2v) is 2.88. The lowest BCUT2D eigenvalue weighted by atomic mass is 10.0. The van der Waals surface area contributed by atoms with Gasteiger partial charge in [-0.1, -0.05) is 26.0 Å². The van der Waals surface area contributed by atoms with Gasteiger partial charge in [-0.25, -0.2) is 4.79 Å². The van der Waals surface area contributed by atoms with Gasteiger partial charge in [0.15, 0.2) is 0 Å². The Bertz CT molecular complexity index is 272. The molecular weight excluding hydrogens is 152 g/mol. The van der Waals surface area contributed by atoms with Crippen LogP contribution in [0.25, 0.3) is 0 Å². The predicted molar refractivity (Wildman–Crippen MR) is 47.1 cm³/mol. The van der Waals surface area contributed by atoms with E-state index in [4.69, 9.17) is 5.11 Å². The van der Waals surface area contributed by atoms with Crippen LogP contribution in [0.5, 0.6) is 0 Å². The van der Waals surface area contributed by atoms with Crippen molar-refractivity contribution in [3.63, 3.8) is 0 Å². The molecule has 1 N–H and O–H groups in total. The van der Waals surface area contributed by atoms with Gasteiger partial charge in [-0.2, -0.15) is 0 Å². The molecule has 1 aromatic carbocycles. The molecule has 0 unspecified atom stereocenters. The van der Waals surface area contributed by atoms with E-state index in [2.05, 4.69) is 0 Å². The maximum absolute atomic E-state index is 10.5. The molecule has 12 heavy (non-hydrogen) atoms. The Morgan fingerprint density at radius 1 is 1.08 bits per heavy atom. The van der Waals surface area contributed by atoms with E-state index in [1.165, 1.54) is 5.92 Å². The van der Waals surface area contributed by atoms with Crippen molar-refractivity contribution in [2.75, 3.05) is 0 Å². The Kier molecular flexibility index (Phi) is 2.48. The van der Waals surface area contributed by atoms with E-state index in [9.17, 15) is 4.79 Å². The molecule has 0 aromatic heterocycles. The highest BCUT2D eigenvalue weighted by Crippen LogP contribution is 2.13. The van der Waals surface area contributed by atoms with Crippen LogP contribution in [0.3, 0.4) is 0 Å². The number of rotatable bonds is 2. The summed E-state index contributed by atoms with van der Waals surface area (Å²) in [5, 5.41) is 8.61. The normalized spacial score (nSPS) is 10.2. The molecule has 0 heterocycles. The highest BCUT2D eigenvalue weighted by atomic mass is 16.4. The summed E-state index contributed by atoms with van der Waals surface area (Å²) in [6.07, 6.45) is 0. The number of aromatic carboxylic acids is 1. The maximum atomic E-state index is 10.5. The van der Waals surface area contributed by atoms with Gasteiger partial charge >= 0.3 is 5.97 Å². The predicted octanol–water partition coefficient (Wildman–Crippen LogP) is 2.35. The van der Waals surface area contributed by atoms with Crippen LogP contribution in [0.4, 0.5) is 0 Å². The zero-order valence-corrected chi connectivity index (χ0v) is 7.16. The fourth-order valence-corrected chi connectivity index (χ4v) is 0.946. The van der Waals surface area contributed by atoms with Crippen LogP contribution in [-0.2, 0) is 0 Å². The molecule has 63 valence electrons. The molecule has 0 aliphatic heterocycles. The Hall–Kier alpha value is -1.31. The first-order valence-electron chi connectivity index (χ1n) is 3.75. The van der Waals surface area contributed by atoms with Gasteiger partial charge in [-0.3, -0.25) is 0 Å². The Morgan fingerprint density at radius 3 is 1.83 bits per heavy atom. The van der Waals surface area contributed by atoms with E-state index in [-0.39, 0.29) is 0 Å². The summed E-state index contributed by atoms with van der Waals surface area (Å²) in [5.41, 5.74) is 1.42. The second-order valence-electron chi connectivity index (χ2n) is 2.88. The fraction of sp³-hybridized carbons (Fsp3) is 0.200. The Morgan fingerprint density at radius 2 is 1.50 bits per heavy atom. The van der Waals surface area contributed by atoms with Gasteiger partial charge in [-0.15, -0.1) is 0 Å². The summed E-state index contributed by atoms with van der Waals surface area (Å²) in [6, 6.07) is 6.87. The van der Waals surface area contributed by atoms with Crippen molar-refractivity contribution in [1.29, 1.82) is 0 Å². The third kappa shape index (κ3) is 1.84. The van der Waals surface area contributed by atoms with Crippen LogP contribution >= 0.6 is 0 Å². The first kappa shape index (κ1) is 8.78. The van der Waals surface area contributed by atoms with Crippen molar-refractivity contribution in [3.05, 3.63) is 41.3 Å². The van der Waals surface area contributed by atoms with Crippen molar-refractivity contribution in [3.8, 4) is 0 Å². The second kappa shape index (κ2) is 3.39. The molecular formula is C10H11O2. The van der Waals surface area contributed by atoms with Crippen LogP contribution < -0.4 is 0 Å². The van der Waals surface area contributed by atoms with Gasteiger partial charge in [0.1, 0.15) is 0 Å². The first-order chi connectivity index (χ1) is 5.61. The molecule has 1 rings (SSSR count). The average molecular weight is 163 g/mol.